The zero-order valence-corrected chi connectivity index (χ0v) is 5.86. The summed E-state index contributed by atoms with van der Waals surface area (Å²) >= 11 is 0. The lowest BCUT2D eigenvalue weighted by Crippen LogP contribution is -2.36. The molecule has 0 amide bonds. The van der Waals surface area contributed by atoms with Crippen molar-refractivity contribution in [2.75, 3.05) is 6.61 Å². The highest BCUT2D eigenvalue weighted by molar-refractivity contribution is 4.95. The summed E-state index contributed by atoms with van der Waals surface area (Å²) in [6.45, 7) is 1.63. The van der Waals surface area contributed by atoms with Gasteiger partial charge in [-0.05, 0) is 6.92 Å². The second-order valence-corrected chi connectivity index (χ2v) is 2.73. The van der Waals surface area contributed by atoms with Gasteiger partial charge in [-0.2, -0.15) is 0 Å². The van der Waals surface area contributed by atoms with Crippen LogP contribution in [0.5, 0.6) is 0 Å². The molecule has 4 nitrogen and oxygen atoms in total. The Morgan fingerprint density at radius 1 is 1.30 bits per heavy atom. The van der Waals surface area contributed by atoms with Gasteiger partial charge in [0.15, 0.2) is 0 Å². The summed E-state index contributed by atoms with van der Waals surface area (Å²) in [4.78, 5) is 0. The second kappa shape index (κ2) is 2.84. The Bertz CT molecular complexity index is 120. The van der Waals surface area contributed by atoms with Crippen LogP contribution in [0.2, 0.25) is 0 Å². The van der Waals surface area contributed by atoms with E-state index in [9.17, 15) is 0 Å². The maximum Gasteiger partial charge on any atom is 0.0989 e. The number of hydrogen-bond donors (Lipinski definition) is 4. The van der Waals surface area contributed by atoms with Crippen molar-refractivity contribution in [3.63, 3.8) is 0 Å². The van der Waals surface area contributed by atoms with Crippen LogP contribution in [-0.2, 0) is 0 Å². The molecule has 1 aliphatic heterocycles. The Labute approximate surface area is 59.5 Å². The summed E-state index contributed by atoms with van der Waals surface area (Å²) < 4.78 is 0. The lowest BCUT2D eigenvalue weighted by molar-refractivity contribution is 0.0214. The van der Waals surface area contributed by atoms with Gasteiger partial charge in [-0.1, -0.05) is 0 Å². The Morgan fingerprint density at radius 3 is 2.10 bits per heavy atom. The van der Waals surface area contributed by atoms with Crippen LogP contribution in [0.15, 0.2) is 0 Å². The van der Waals surface area contributed by atoms with E-state index in [0.29, 0.717) is 0 Å². The highest BCUT2D eigenvalue weighted by atomic mass is 16.3. The monoisotopic (exact) mass is 147 g/mol. The molecule has 1 aliphatic rings. The second-order valence-electron chi connectivity index (χ2n) is 2.73. The van der Waals surface area contributed by atoms with Crippen molar-refractivity contribution in [1.82, 2.24) is 5.32 Å². The van der Waals surface area contributed by atoms with Crippen molar-refractivity contribution in [1.29, 1.82) is 0 Å². The largest absolute Gasteiger partial charge is 0.395 e. The van der Waals surface area contributed by atoms with Crippen molar-refractivity contribution >= 4 is 0 Å². The lowest BCUT2D eigenvalue weighted by atomic mass is 10.1. The van der Waals surface area contributed by atoms with Crippen LogP contribution in [0.25, 0.3) is 0 Å². The summed E-state index contributed by atoms with van der Waals surface area (Å²) in [5.74, 6) is 0. The van der Waals surface area contributed by atoms with Gasteiger partial charge in [-0.15, -0.1) is 0 Å². The molecule has 1 rings (SSSR count). The topological polar surface area (TPSA) is 72.7 Å². The molecule has 0 unspecified atom stereocenters. The van der Waals surface area contributed by atoms with Crippen molar-refractivity contribution < 1.29 is 15.3 Å². The first-order valence-corrected chi connectivity index (χ1v) is 3.40. The van der Waals surface area contributed by atoms with Gasteiger partial charge in [-0.25, -0.2) is 0 Å². The van der Waals surface area contributed by atoms with Crippen LogP contribution < -0.4 is 5.32 Å². The molecule has 60 valence electrons. The van der Waals surface area contributed by atoms with Gasteiger partial charge in [0.2, 0.25) is 0 Å². The molecule has 0 aliphatic carbocycles. The van der Waals surface area contributed by atoms with Gasteiger partial charge in [0.1, 0.15) is 0 Å². The molecule has 1 heterocycles. The maximum atomic E-state index is 9.16. The summed E-state index contributed by atoms with van der Waals surface area (Å²) in [5.41, 5.74) is 0. The lowest BCUT2D eigenvalue weighted by Gasteiger charge is -2.11. The molecule has 4 atom stereocenters. The predicted molar refractivity (Wildman–Crippen MR) is 35.5 cm³/mol. The fraction of sp³-hybridized carbons (Fsp3) is 1.00. The molecular weight excluding hydrogens is 134 g/mol. The molecule has 4 heteroatoms. The summed E-state index contributed by atoms with van der Waals surface area (Å²) in [5, 5.41) is 29.8. The van der Waals surface area contributed by atoms with Gasteiger partial charge in [0.05, 0.1) is 24.9 Å². The average Bonchev–Trinajstić information content (AvgIpc) is 2.17. The van der Waals surface area contributed by atoms with E-state index in [1.807, 2.05) is 0 Å². The van der Waals surface area contributed by atoms with Gasteiger partial charge >= 0.3 is 0 Å². The van der Waals surface area contributed by atoms with E-state index in [1.165, 1.54) is 0 Å². The Morgan fingerprint density at radius 2 is 1.90 bits per heavy atom. The van der Waals surface area contributed by atoms with E-state index >= 15 is 0 Å². The van der Waals surface area contributed by atoms with Crippen LogP contribution in [0.4, 0.5) is 0 Å². The summed E-state index contributed by atoms with van der Waals surface area (Å²) in [6.07, 6.45) is -1.59. The standard InChI is InChI=1S/C6H13NO3/c1-3-5(9)6(10)4(2-8)7-3/h3-10H,2H2,1H3/t3-,4+,5-,6+/m0/s1. The normalized spacial score (nSPS) is 48.0. The first-order chi connectivity index (χ1) is 4.66. The molecule has 0 bridgehead atoms. The molecule has 0 aromatic heterocycles. The summed E-state index contributed by atoms with van der Waals surface area (Å²) in [6, 6.07) is -0.503. The van der Waals surface area contributed by atoms with E-state index in [1.54, 1.807) is 6.92 Å². The van der Waals surface area contributed by atoms with Crippen LogP contribution in [0, 0.1) is 0 Å². The molecule has 0 radical (unpaired) electrons. The fourth-order valence-electron chi connectivity index (χ4n) is 1.23. The third-order valence-electron chi connectivity index (χ3n) is 1.95. The molecule has 4 N–H and O–H groups in total. The van der Waals surface area contributed by atoms with Crippen molar-refractivity contribution in [3.8, 4) is 0 Å². The first kappa shape index (κ1) is 7.94. The van der Waals surface area contributed by atoms with Crippen molar-refractivity contribution in [3.05, 3.63) is 0 Å². The van der Waals surface area contributed by atoms with Crippen molar-refractivity contribution in [2.24, 2.45) is 0 Å². The number of nitrogens with one attached hydrogen (secondary N) is 1. The van der Waals surface area contributed by atoms with E-state index in [2.05, 4.69) is 5.32 Å². The Kier molecular flexibility index (Phi) is 2.25. The maximum absolute atomic E-state index is 9.16. The third kappa shape index (κ3) is 1.15. The molecule has 0 aromatic rings. The quantitative estimate of drug-likeness (QED) is 0.348. The number of aliphatic hydroxyl groups is 3. The zero-order chi connectivity index (χ0) is 7.72. The Hall–Kier alpha value is -0.160. The number of rotatable bonds is 1. The van der Waals surface area contributed by atoms with E-state index < -0.39 is 12.2 Å². The van der Waals surface area contributed by atoms with E-state index in [4.69, 9.17) is 15.3 Å². The number of aliphatic hydroxyl groups excluding tert-OH is 3. The fourth-order valence-corrected chi connectivity index (χ4v) is 1.23. The van der Waals surface area contributed by atoms with Gasteiger partial charge in [0, 0.05) is 6.04 Å². The minimum absolute atomic E-state index is 0.132. The van der Waals surface area contributed by atoms with Crippen molar-refractivity contribution in [2.45, 2.75) is 31.2 Å². The van der Waals surface area contributed by atoms with Gasteiger partial charge < -0.3 is 20.6 Å². The molecule has 0 spiro atoms. The third-order valence-corrected chi connectivity index (χ3v) is 1.95. The van der Waals surface area contributed by atoms with E-state index in [-0.39, 0.29) is 18.7 Å². The zero-order valence-electron chi connectivity index (χ0n) is 5.86. The van der Waals surface area contributed by atoms with Crippen LogP contribution >= 0.6 is 0 Å². The molecule has 0 saturated carbocycles. The smallest absolute Gasteiger partial charge is 0.0989 e. The highest BCUT2D eigenvalue weighted by Crippen LogP contribution is 2.12. The molecule has 0 aromatic carbocycles. The van der Waals surface area contributed by atoms with Crippen LogP contribution in [0.1, 0.15) is 6.92 Å². The van der Waals surface area contributed by atoms with Gasteiger partial charge in [0.25, 0.3) is 0 Å². The predicted octanol–water partition coefficient (Wildman–Crippen LogP) is -1.94. The minimum atomic E-state index is -0.833. The van der Waals surface area contributed by atoms with Crippen LogP contribution in [0.3, 0.4) is 0 Å². The number of hydrogen-bond acceptors (Lipinski definition) is 4. The first-order valence-electron chi connectivity index (χ1n) is 3.40. The van der Waals surface area contributed by atoms with Crippen LogP contribution in [-0.4, -0.2) is 46.2 Å². The summed E-state index contributed by atoms with van der Waals surface area (Å²) in [7, 11) is 0. The molecule has 10 heavy (non-hydrogen) atoms. The van der Waals surface area contributed by atoms with E-state index in [0.717, 1.165) is 0 Å². The highest BCUT2D eigenvalue weighted by Gasteiger charge is 2.37. The average molecular weight is 147 g/mol. The Balaban J connectivity index is 2.53. The molecule has 1 saturated heterocycles. The SMILES string of the molecule is C[C@@H]1N[C@H](CO)[C@@H](O)[C@H]1O. The minimum Gasteiger partial charge on any atom is -0.395 e. The molecule has 1 fully saturated rings. The van der Waals surface area contributed by atoms with Gasteiger partial charge in [-0.3, -0.25) is 0 Å². The molecular formula is C6H13NO3.